The lowest BCUT2D eigenvalue weighted by molar-refractivity contribution is 0.226. The topological polar surface area (TPSA) is 35.5 Å². The molecule has 2 N–H and O–H groups in total. The first kappa shape index (κ1) is 15.7. The molecule has 1 saturated heterocycles. The second-order valence-corrected chi connectivity index (χ2v) is 6.49. The molecule has 0 aromatic heterocycles. The van der Waals surface area contributed by atoms with Crippen molar-refractivity contribution in [1.29, 1.82) is 0 Å². The highest BCUT2D eigenvalue weighted by Gasteiger charge is 2.24. The fourth-order valence-corrected chi connectivity index (χ4v) is 2.49. The molecule has 0 amide bonds. The van der Waals surface area contributed by atoms with Crippen molar-refractivity contribution < 1.29 is 5.11 Å². The second-order valence-electron chi connectivity index (χ2n) is 6.49. The van der Waals surface area contributed by atoms with Gasteiger partial charge in [0.15, 0.2) is 0 Å². The third-order valence-corrected chi connectivity index (χ3v) is 3.49. The lowest BCUT2D eigenvalue weighted by Gasteiger charge is -2.27. The lowest BCUT2D eigenvalue weighted by atomic mass is 10.1. The Bertz CT molecular complexity index is 258. The Hall–Kier alpha value is -0.380. The van der Waals surface area contributed by atoms with Gasteiger partial charge in [-0.05, 0) is 58.6 Å². The van der Waals surface area contributed by atoms with Crippen LogP contribution in [0.15, 0.2) is 12.2 Å². The first-order valence-corrected chi connectivity index (χ1v) is 7.19. The van der Waals surface area contributed by atoms with Crippen molar-refractivity contribution in [3.05, 3.63) is 12.2 Å². The molecule has 0 aliphatic carbocycles. The number of likely N-dealkylation sites (tertiary alicyclic amines) is 1. The van der Waals surface area contributed by atoms with Gasteiger partial charge in [0, 0.05) is 31.3 Å². The van der Waals surface area contributed by atoms with Crippen LogP contribution in [0.5, 0.6) is 0 Å². The Kier molecular flexibility index (Phi) is 6.33. The van der Waals surface area contributed by atoms with Gasteiger partial charge in [0.25, 0.3) is 0 Å². The van der Waals surface area contributed by atoms with E-state index < -0.39 is 0 Å². The van der Waals surface area contributed by atoms with E-state index in [0.717, 1.165) is 25.9 Å². The van der Waals surface area contributed by atoms with Gasteiger partial charge in [0.1, 0.15) is 0 Å². The fourth-order valence-electron chi connectivity index (χ4n) is 2.49. The van der Waals surface area contributed by atoms with Gasteiger partial charge in [-0.2, -0.15) is 0 Å². The third-order valence-electron chi connectivity index (χ3n) is 3.49. The lowest BCUT2D eigenvalue weighted by Crippen LogP contribution is -2.39. The van der Waals surface area contributed by atoms with E-state index in [-0.39, 0.29) is 5.54 Å². The summed E-state index contributed by atoms with van der Waals surface area (Å²) in [5, 5.41) is 12.4. The molecule has 1 rings (SSSR count). The van der Waals surface area contributed by atoms with Gasteiger partial charge in [-0.25, -0.2) is 0 Å². The van der Waals surface area contributed by atoms with Crippen LogP contribution in [0.3, 0.4) is 0 Å². The highest BCUT2D eigenvalue weighted by molar-refractivity contribution is 5.02. The number of hydrogen-bond acceptors (Lipinski definition) is 3. The molecular formula is C15H30N2O. The smallest absolute Gasteiger partial charge is 0.0431 e. The van der Waals surface area contributed by atoms with Crippen LogP contribution in [0.1, 0.15) is 46.5 Å². The molecule has 18 heavy (non-hydrogen) atoms. The summed E-state index contributed by atoms with van der Waals surface area (Å²) in [4.78, 5) is 2.53. The van der Waals surface area contributed by atoms with Crippen molar-refractivity contribution in [3.8, 4) is 0 Å². The van der Waals surface area contributed by atoms with E-state index in [0.29, 0.717) is 12.6 Å². The molecule has 3 nitrogen and oxygen atoms in total. The van der Waals surface area contributed by atoms with Crippen LogP contribution in [-0.2, 0) is 0 Å². The van der Waals surface area contributed by atoms with Crippen LogP contribution >= 0.6 is 0 Å². The quantitative estimate of drug-likeness (QED) is 0.684. The number of aliphatic hydroxyl groups excluding tert-OH is 1. The Morgan fingerprint density at radius 1 is 1.44 bits per heavy atom. The SMILES string of the molecule is C=C(CNC(C)(C)C)CN1CCCC1CCCO. The van der Waals surface area contributed by atoms with E-state index in [1.54, 1.807) is 0 Å². The molecule has 0 bridgehead atoms. The Balaban J connectivity index is 2.29. The molecular weight excluding hydrogens is 224 g/mol. The number of hydrogen-bond donors (Lipinski definition) is 2. The van der Waals surface area contributed by atoms with Gasteiger partial charge in [0.05, 0.1) is 0 Å². The predicted molar refractivity (Wildman–Crippen MR) is 77.8 cm³/mol. The molecule has 1 atom stereocenters. The van der Waals surface area contributed by atoms with Crippen molar-refractivity contribution in [2.75, 3.05) is 26.2 Å². The minimum absolute atomic E-state index is 0.157. The molecule has 1 aliphatic rings. The summed E-state index contributed by atoms with van der Waals surface area (Å²) >= 11 is 0. The van der Waals surface area contributed by atoms with Crippen molar-refractivity contribution in [2.24, 2.45) is 0 Å². The summed E-state index contributed by atoms with van der Waals surface area (Å²) in [5.41, 5.74) is 1.42. The van der Waals surface area contributed by atoms with Gasteiger partial charge in [-0.15, -0.1) is 0 Å². The molecule has 1 fully saturated rings. The minimum atomic E-state index is 0.157. The van der Waals surface area contributed by atoms with Crippen LogP contribution in [0.25, 0.3) is 0 Å². The largest absolute Gasteiger partial charge is 0.396 e. The standard InChI is InChI=1S/C15H30N2O/c1-13(11-16-15(2,3)4)12-17-9-5-7-14(17)8-6-10-18/h14,16,18H,1,5-12H2,2-4H3. The maximum Gasteiger partial charge on any atom is 0.0431 e. The Labute approximate surface area is 112 Å². The van der Waals surface area contributed by atoms with Gasteiger partial charge in [-0.1, -0.05) is 6.58 Å². The highest BCUT2D eigenvalue weighted by atomic mass is 16.2. The highest BCUT2D eigenvalue weighted by Crippen LogP contribution is 2.21. The molecule has 0 spiro atoms. The zero-order valence-corrected chi connectivity index (χ0v) is 12.3. The average Bonchev–Trinajstić information content (AvgIpc) is 2.70. The summed E-state index contributed by atoms with van der Waals surface area (Å²) in [6, 6.07) is 0.656. The number of rotatable bonds is 7. The predicted octanol–water partition coefficient (Wildman–Crippen LogP) is 2.17. The summed E-state index contributed by atoms with van der Waals surface area (Å²) < 4.78 is 0. The maximum atomic E-state index is 8.92. The monoisotopic (exact) mass is 254 g/mol. The van der Waals surface area contributed by atoms with Crippen LogP contribution in [0.2, 0.25) is 0 Å². The summed E-state index contributed by atoms with van der Waals surface area (Å²) in [6.45, 7) is 14.1. The summed E-state index contributed by atoms with van der Waals surface area (Å²) in [5.74, 6) is 0. The van der Waals surface area contributed by atoms with E-state index in [1.807, 2.05) is 0 Å². The zero-order valence-electron chi connectivity index (χ0n) is 12.3. The molecule has 1 unspecified atom stereocenters. The van der Waals surface area contributed by atoms with Crippen molar-refractivity contribution in [2.45, 2.75) is 58.0 Å². The van der Waals surface area contributed by atoms with Crippen molar-refractivity contribution in [1.82, 2.24) is 10.2 Å². The first-order chi connectivity index (χ1) is 8.42. The average molecular weight is 254 g/mol. The molecule has 106 valence electrons. The summed E-state index contributed by atoms with van der Waals surface area (Å²) in [7, 11) is 0. The van der Waals surface area contributed by atoms with E-state index >= 15 is 0 Å². The van der Waals surface area contributed by atoms with Crippen LogP contribution in [-0.4, -0.2) is 47.8 Å². The molecule has 1 aliphatic heterocycles. The molecule has 0 saturated carbocycles. The van der Waals surface area contributed by atoms with Crippen LogP contribution < -0.4 is 5.32 Å². The fraction of sp³-hybridized carbons (Fsp3) is 0.867. The van der Waals surface area contributed by atoms with E-state index in [2.05, 4.69) is 37.6 Å². The molecule has 1 heterocycles. The minimum Gasteiger partial charge on any atom is -0.396 e. The molecule has 0 aromatic rings. The van der Waals surface area contributed by atoms with E-state index in [1.165, 1.54) is 25.0 Å². The van der Waals surface area contributed by atoms with E-state index in [4.69, 9.17) is 5.11 Å². The summed E-state index contributed by atoms with van der Waals surface area (Å²) in [6.07, 6.45) is 4.61. The third kappa shape index (κ3) is 5.98. The number of aliphatic hydroxyl groups is 1. The first-order valence-electron chi connectivity index (χ1n) is 7.19. The van der Waals surface area contributed by atoms with Gasteiger partial charge >= 0.3 is 0 Å². The van der Waals surface area contributed by atoms with Gasteiger partial charge in [0.2, 0.25) is 0 Å². The number of nitrogens with zero attached hydrogens (tertiary/aromatic N) is 1. The molecule has 0 aromatic carbocycles. The van der Waals surface area contributed by atoms with Gasteiger partial charge in [-0.3, -0.25) is 4.90 Å². The maximum absolute atomic E-state index is 8.92. The van der Waals surface area contributed by atoms with E-state index in [9.17, 15) is 0 Å². The van der Waals surface area contributed by atoms with Crippen molar-refractivity contribution >= 4 is 0 Å². The van der Waals surface area contributed by atoms with Crippen LogP contribution in [0.4, 0.5) is 0 Å². The normalized spacial score (nSPS) is 21.4. The van der Waals surface area contributed by atoms with Gasteiger partial charge < -0.3 is 10.4 Å². The van der Waals surface area contributed by atoms with Crippen molar-refractivity contribution in [3.63, 3.8) is 0 Å². The second kappa shape index (κ2) is 7.27. The zero-order chi connectivity index (χ0) is 13.6. The van der Waals surface area contributed by atoms with Crippen LogP contribution in [0, 0.1) is 0 Å². The Morgan fingerprint density at radius 2 is 2.17 bits per heavy atom. The number of nitrogens with one attached hydrogen (secondary N) is 1. The molecule has 0 radical (unpaired) electrons. The molecule has 3 heteroatoms. The Morgan fingerprint density at radius 3 is 2.78 bits per heavy atom.